The van der Waals surface area contributed by atoms with E-state index in [9.17, 15) is 14.4 Å². The molecule has 0 aliphatic rings. The highest BCUT2D eigenvalue weighted by atomic mass is 32.2. The van der Waals surface area contributed by atoms with E-state index in [2.05, 4.69) is 15.4 Å². The lowest BCUT2D eigenvalue weighted by atomic mass is 10.2. The summed E-state index contributed by atoms with van der Waals surface area (Å²) in [6, 6.07) is 14.0. The molecule has 0 saturated heterocycles. The molecule has 2 aromatic carbocycles. The minimum absolute atomic E-state index is 0.0793. The zero-order chi connectivity index (χ0) is 20.5. The summed E-state index contributed by atoms with van der Waals surface area (Å²) in [5.74, 6) is -0.393. The van der Waals surface area contributed by atoms with Crippen molar-refractivity contribution >= 4 is 45.1 Å². The molecular weight excluding hydrogens is 390 g/mol. The van der Waals surface area contributed by atoms with Gasteiger partial charge in [-0.2, -0.15) is 5.10 Å². The summed E-state index contributed by atoms with van der Waals surface area (Å²) in [5, 5.41) is 7.46. The van der Waals surface area contributed by atoms with Crippen LogP contribution in [-0.2, 0) is 0 Å². The normalized spacial score (nSPS) is 11.0. The number of hydrogen-bond donors (Lipinski definition) is 2. The van der Waals surface area contributed by atoms with E-state index in [4.69, 9.17) is 0 Å². The Kier molecular flexibility index (Phi) is 4.81. The number of carbonyl (C=O) groups excluding carboxylic acids is 2. The molecule has 0 atom stereocenters. The van der Waals surface area contributed by atoms with Crippen molar-refractivity contribution in [3.8, 4) is 0 Å². The number of fused-ring (bicyclic) bond motifs is 3. The molecule has 0 aliphatic carbocycles. The Labute approximate surface area is 169 Å². The van der Waals surface area contributed by atoms with Gasteiger partial charge >= 0.3 is 0 Å². The van der Waals surface area contributed by atoms with Crippen molar-refractivity contribution in [2.75, 3.05) is 19.4 Å². The zero-order valence-electron chi connectivity index (χ0n) is 15.7. The Balaban J connectivity index is 1.60. The van der Waals surface area contributed by atoms with Crippen LogP contribution in [-0.4, -0.2) is 44.7 Å². The minimum atomic E-state index is -0.393. The SMILES string of the molecule is CN(C)C(=O)Sc1ccc(NC(=O)c2cnn3c2[nH]c(=O)c2ccccc23)cc1. The molecule has 2 amide bonds. The molecule has 0 saturated carbocycles. The van der Waals surface area contributed by atoms with Crippen LogP contribution in [0.4, 0.5) is 10.5 Å². The Morgan fingerprint density at radius 3 is 2.55 bits per heavy atom. The van der Waals surface area contributed by atoms with E-state index in [0.717, 1.165) is 16.7 Å². The second-order valence-electron chi connectivity index (χ2n) is 6.53. The number of amides is 2. The van der Waals surface area contributed by atoms with E-state index in [0.29, 0.717) is 22.2 Å². The number of rotatable bonds is 3. The highest BCUT2D eigenvalue weighted by Crippen LogP contribution is 2.23. The third kappa shape index (κ3) is 3.59. The molecule has 146 valence electrons. The molecule has 4 rings (SSSR count). The lowest BCUT2D eigenvalue weighted by molar-refractivity contribution is 0.102. The maximum absolute atomic E-state index is 12.7. The third-order valence-electron chi connectivity index (χ3n) is 4.31. The molecule has 2 heterocycles. The maximum atomic E-state index is 12.7. The molecule has 0 bridgehead atoms. The van der Waals surface area contributed by atoms with Crippen molar-refractivity contribution in [2.45, 2.75) is 4.90 Å². The average molecular weight is 407 g/mol. The molecular formula is C20H17N5O3S. The molecule has 9 heteroatoms. The van der Waals surface area contributed by atoms with Crippen LogP contribution in [0.2, 0.25) is 0 Å². The fraction of sp³-hybridized carbons (Fsp3) is 0.100. The molecule has 29 heavy (non-hydrogen) atoms. The highest BCUT2D eigenvalue weighted by molar-refractivity contribution is 8.13. The smallest absolute Gasteiger partial charge is 0.285 e. The summed E-state index contributed by atoms with van der Waals surface area (Å²) in [6.07, 6.45) is 1.42. The van der Waals surface area contributed by atoms with E-state index in [1.807, 2.05) is 6.07 Å². The van der Waals surface area contributed by atoms with E-state index in [1.54, 1.807) is 56.6 Å². The summed E-state index contributed by atoms with van der Waals surface area (Å²) in [7, 11) is 3.38. The summed E-state index contributed by atoms with van der Waals surface area (Å²) in [5.41, 5.74) is 1.50. The van der Waals surface area contributed by atoms with Crippen molar-refractivity contribution in [1.29, 1.82) is 0 Å². The van der Waals surface area contributed by atoms with Gasteiger partial charge in [0.25, 0.3) is 16.7 Å². The van der Waals surface area contributed by atoms with Gasteiger partial charge < -0.3 is 15.2 Å². The van der Waals surface area contributed by atoms with Crippen LogP contribution < -0.4 is 10.9 Å². The fourth-order valence-corrected chi connectivity index (χ4v) is 3.50. The third-order valence-corrected chi connectivity index (χ3v) is 5.35. The summed E-state index contributed by atoms with van der Waals surface area (Å²) in [6.45, 7) is 0. The topological polar surface area (TPSA) is 99.6 Å². The van der Waals surface area contributed by atoms with Gasteiger partial charge in [0.1, 0.15) is 11.2 Å². The van der Waals surface area contributed by atoms with E-state index in [1.165, 1.54) is 15.6 Å². The van der Waals surface area contributed by atoms with Gasteiger partial charge in [0.15, 0.2) is 0 Å². The van der Waals surface area contributed by atoms with E-state index in [-0.39, 0.29) is 16.4 Å². The second-order valence-corrected chi connectivity index (χ2v) is 7.56. The quantitative estimate of drug-likeness (QED) is 0.508. The van der Waals surface area contributed by atoms with Gasteiger partial charge in [-0.05, 0) is 48.2 Å². The number of aromatic amines is 1. The first-order chi connectivity index (χ1) is 13.9. The van der Waals surface area contributed by atoms with E-state index >= 15 is 0 Å². The van der Waals surface area contributed by atoms with Crippen LogP contribution in [0, 0.1) is 0 Å². The Bertz CT molecular complexity index is 1290. The number of nitrogens with zero attached hydrogens (tertiary/aromatic N) is 3. The van der Waals surface area contributed by atoms with Crippen LogP contribution in [0.3, 0.4) is 0 Å². The summed E-state index contributed by atoms with van der Waals surface area (Å²) >= 11 is 1.10. The number of aromatic nitrogens is 3. The van der Waals surface area contributed by atoms with Gasteiger partial charge in [-0.3, -0.25) is 14.4 Å². The molecule has 8 nitrogen and oxygen atoms in total. The van der Waals surface area contributed by atoms with Crippen LogP contribution in [0.25, 0.3) is 16.6 Å². The van der Waals surface area contributed by atoms with Crippen molar-refractivity contribution in [3.05, 3.63) is 70.6 Å². The Morgan fingerprint density at radius 2 is 1.83 bits per heavy atom. The standard InChI is InChI=1S/C20H17N5O3S/c1-24(2)20(28)29-13-9-7-12(8-10-13)22-19(27)15-11-21-25-16-6-4-3-5-14(16)18(26)23-17(15)25/h3-11H,1-2H3,(H,22,27)(H,23,26). The maximum Gasteiger partial charge on any atom is 0.285 e. The lowest BCUT2D eigenvalue weighted by Crippen LogP contribution is -2.16. The molecule has 0 spiro atoms. The molecule has 4 aromatic rings. The second kappa shape index (κ2) is 7.44. The van der Waals surface area contributed by atoms with Crippen LogP contribution in [0.1, 0.15) is 10.4 Å². The number of nitrogens with one attached hydrogen (secondary N) is 2. The predicted octanol–water partition coefficient (Wildman–Crippen LogP) is 3.20. The first-order valence-electron chi connectivity index (χ1n) is 8.73. The van der Waals surface area contributed by atoms with Crippen LogP contribution >= 0.6 is 11.8 Å². The molecule has 0 fully saturated rings. The number of H-pyrrole nitrogens is 1. The van der Waals surface area contributed by atoms with Crippen molar-refractivity contribution in [2.24, 2.45) is 0 Å². The van der Waals surface area contributed by atoms with Gasteiger partial charge in [0.05, 0.1) is 17.1 Å². The van der Waals surface area contributed by atoms with Gasteiger partial charge in [-0.25, -0.2) is 4.52 Å². The molecule has 2 N–H and O–H groups in total. The number of thioether (sulfide) groups is 1. The first-order valence-corrected chi connectivity index (χ1v) is 9.55. The average Bonchev–Trinajstić information content (AvgIpc) is 3.13. The predicted molar refractivity (Wildman–Crippen MR) is 113 cm³/mol. The number of para-hydroxylation sites is 1. The minimum Gasteiger partial charge on any atom is -0.339 e. The number of carbonyl (C=O) groups is 2. The molecule has 2 aromatic heterocycles. The highest BCUT2D eigenvalue weighted by Gasteiger charge is 2.16. The Hall–Kier alpha value is -3.59. The Morgan fingerprint density at radius 1 is 1.10 bits per heavy atom. The lowest BCUT2D eigenvalue weighted by Gasteiger charge is -2.09. The van der Waals surface area contributed by atoms with Crippen molar-refractivity contribution in [3.63, 3.8) is 0 Å². The van der Waals surface area contributed by atoms with Gasteiger partial charge in [-0.1, -0.05) is 12.1 Å². The van der Waals surface area contributed by atoms with Gasteiger partial charge in [0, 0.05) is 24.7 Å². The van der Waals surface area contributed by atoms with Gasteiger partial charge in [0.2, 0.25) is 0 Å². The largest absolute Gasteiger partial charge is 0.339 e. The number of benzene rings is 2. The van der Waals surface area contributed by atoms with Gasteiger partial charge in [-0.15, -0.1) is 0 Å². The molecule has 0 radical (unpaired) electrons. The van der Waals surface area contributed by atoms with Crippen LogP contribution in [0.15, 0.2) is 64.4 Å². The van der Waals surface area contributed by atoms with Crippen LogP contribution in [0.5, 0.6) is 0 Å². The zero-order valence-corrected chi connectivity index (χ0v) is 16.5. The molecule has 0 aliphatic heterocycles. The van der Waals surface area contributed by atoms with E-state index < -0.39 is 5.91 Å². The summed E-state index contributed by atoms with van der Waals surface area (Å²) < 4.78 is 1.54. The number of hydrogen-bond acceptors (Lipinski definition) is 5. The monoisotopic (exact) mass is 407 g/mol. The number of anilines is 1. The first kappa shape index (κ1) is 18.8. The van der Waals surface area contributed by atoms with Crippen molar-refractivity contribution < 1.29 is 9.59 Å². The molecule has 0 unspecified atom stereocenters. The fourth-order valence-electron chi connectivity index (χ4n) is 2.84. The van der Waals surface area contributed by atoms with Crippen molar-refractivity contribution in [1.82, 2.24) is 19.5 Å². The summed E-state index contributed by atoms with van der Waals surface area (Å²) in [4.78, 5) is 41.8.